The zero-order valence-corrected chi connectivity index (χ0v) is 9.55. The van der Waals surface area contributed by atoms with E-state index in [1.165, 1.54) is 12.1 Å². The fourth-order valence-electron chi connectivity index (χ4n) is 1.45. The summed E-state index contributed by atoms with van der Waals surface area (Å²) < 4.78 is 42.7. The molecule has 1 aromatic heterocycles. The summed E-state index contributed by atoms with van der Waals surface area (Å²) in [7, 11) is 0. The van der Waals surface area contributed by atoms with Crippen molar-refractivity contribution in [2.24, 2.45) is 0 Å². The minimum Gasteiger partial charge on any atom is -0.453 e. The fourth-order valence-corrected chi connectivity index (χ4v) is 1.66. The van der Waals surface area contributed by atoms with Crippen LogP contribution < -0.4 is 0 Å². The number of aldehydes is 1. The Balaban J connectivity index is 2.52. The molecule has 2 rings (SSSR count). The van der Waals surface area contributed by atoms with Crippen LogP contribution in [-0.2, 0) is 6.18 Å². The Bertz CT molecular complexity index is 587. The van der Waals surface area contributed by atoms with Gasteiger partial charge in [-0.05, 0) is 30.3 Å². The molecule has 0 atom stereocenters. The first-order valence-electron chi connectivity index (χ1n) is 4.84. The molecule has 0 aliphatic heterocycles. The number of furan rings is 1. The van der Waals surface area contributed by atoms with Crippen LogP contribution >= 0.6 is 11.6 Å². The maximum Gasteiger partial charge on any atom is 0.416 e. The SMILES string of the molecule is O=Cc1ccc(-c2cc(C(F)(F)F)ccc2Cl)o1. The van der Waals surface area contributed by atoms with Crippen LogP contribution in [0.2, 0.25) is 5.02 Å². The highest BCUT2D eigenvalue weighted by molar-refractivity contribution is 6.33. The molecule has 6 heteroatoms. The van der Waals surface area contributed by atoms with Gasteiger partial charge in [-0.25, -0.2) is 0 Å². The van der Waals surface area contributed by atoms with Crippen LogP contribution in [0, 0.1) is 0 Å². The van der Waals surface area contributed by atoms with Crippen molar-refractivity contribution in [3.8, 4) is 11.3 Å². The Hall–Kier alpha value is -1.75. The molecular formula is C12H6ClF3O2. The minimum atomic E-state index is -4.46. The highest BCUT2D eigenvalue weighted by atomic mass is 35.5. The largest absolute Gasteiger partial charge is 0.453 e. The highest BCUT2D eigenvalue weighted by Gasteiger charge is 2.31. The lowest BCUT2D eigenvalue weighted by Crippen LogP contribution is -2.04. The van der Waals surface area contributed by atoms with E-state index in [1.54, 1.807) is 0 Å². The summed E-state index contributed by atoms with van der Waals surface area (Å²) in [6, 6.07) is 5.66. The van der Waals surface area contributed by atoms with E-state index in [2.05, 4.69) is 0 Å². The average molecular weight is 275 g/mol. The van der Waals surface area contributed by atoms with Crippen molar-refractivity contribution >= 4 is 17.9 Å². The van der Waals surface area contributed by atoms with E-state index < -0.39 is 11.7 Å². The highest BCUT2D eigenvalue weighted by Crippen LogP contribution is 2.36. The molecule has 0 aliphatic rings. The third-order valence-electron chi connectivity index (χ3n) is 2.30. The van der Waals surface area contributed by atoms with Gasteiger partial charge >= 0.3 is 6.18 Å². The van der Waals surface area contributed by atoms with Crippen molar-refractivity contribution in [1.82, 2.24) is 0 Å². The molecule has 1 aromatic carbocycles. The molecule has 18 heavy (non-hydrogen) atoms. The molecule has 94 valence electrons. The second-order valence-electron chi connectivity index (χ2n) is 3.51. The minimum absolute atomic E-state index is 0.0264. The Morgan fingerprint density at radius 2 is 1.89 bits per heavy atom. The quantitative estimate of drug-likeness (QED) is 0.758. The van der Waals surface area contributed by atoms with Crippen LogP contribution in [-0.4, -0.2) is 6.29 Å². The van der Waals surface area contributed by atoms with Crippen molar-refractivity contribution in [3.05, 3.63) is 46.7 Å². The summed E-state index contributed by atoms with van der Waals surface area (Å²) in [6.07, 6.45) is -4.00. The molecule has 0 aliphatic carbocycles. The lowest BCUT2D eigenvalue weighted by molar-refractivity contribution is -0.137. The van der Waals surface area contributed by atoms with E-state index in [0.29, 0.717) is 6.29 Å². The van der Waals surface area contributed by atoms with Gasteiger partial charge in [-0.15, -0.1) is 0 Å². The van der Waals surface area contributed by atoms with Crippen molar-refractivity contribution < 1.29 is 22.4 Å². The number of alkyl halides is 3. The first-order chi connectivity index (χ1) is 8.41. The molecule has 0 saturated heterocycles. The topological polar surface area (TPSA) is 30.2 Å². The molecular weight excluding hydrogens is 269 g/mol. The number of rotatable bonds is 2. The maximum atomic E-state index is 12.6. The molecule has 2 nitrogen and oxygen atoms in total. The molecule has 0 amide bonds. The smallest absolute Gasteiger partial charge is 0.416 e. The van der Waals surface area contributed by atoms with E-state index in [0.717, 1.165) is 18.2 Å². The molecule has 2 aromatic rings. The Morgan fingerprint density at radius 3 is 2.44 bits per heavy atom. The van der Waals surface area contributed by atoms with Crippen molar-refractivity contribution in [1.29, 1.82) is 0 Å². The molecule has 0 N–H and O–H groups in total. The van der Waals surface area contributed by atoms with Crippen molar-refractivity contribution in [2.45, 2.75) is 6.18 Å². The van der Waals surface area contributed by atoms with Crippen LogP contribution in [0.3, 0.4) is 0 Å². The predicted molar refractivity (Wildman–Crippen MR) is 59.5 cm³/mol. The third kappa shape index (κ3) is 2.41. The zero-order chi connectivity index (χ0) is 13.3. The van der Waals surface area contributed by atoms with Crippen LogP contribution in [0.5, 0.6) is 0 Å². The lowest BCUT2D eigenvalue weighted by atomic mass is 10.1. The number of hydrogen-bond acceptors (Lipinski definition) is 2. The van der Waals surface area contributed by atoms with Gasteiger partial charge in [0.25, 0.3) is 0 Å². The van der Waals surface area contributed by atoms with Gasteiger partial charge in [-0.2, -0.15) is 13.2 Å². The summed E-state index contributed by atoms with van der Waals surface area (Å²) in [4.78, 5) is 10.5. The third-order valence-corrected chi connectivity index (χ3v) is 2.63. The van der Waals surface area contributed by atoms with E-state index in [-0.39, 0.29) is 22.1 Å². The van der Waals surface area contributed by atoms with Crippen LogP contribution in [0.25, 0.3) is 11.3 Å². The summed E-state index contributed by atoms with van der Waals surface area (Å²) >= 11 is 5.82. The normalized spacial score (nSPS) is 11.6. The zero-order valence-electron chi connectivity index (χ0n) is 8.79. The molecule has 0 saturated carbocycles. The van der Waals surface area contributed by atoms with E-state index in [1.807, 2.05) is 0 Å². The summed E-state index contributed by atoms with van der Waals surface area (Å²) in [6.45, 7) is 0. The summed E-state index contributed by atoms with van der Waals surface area (Å²) in [5.41, 5.74) is -0.731. The van der Waals surface area contributed by atoms with E-state index in [9.17, 15) is 18.0 Å². The van der Waals surface area contributed by atoms with Gasteiger partial charge in [0.2, 0.25) is 0 Å². The molecule has 0 bridgehead atoms. The second-order valence-corrected chi connectivity index (χ2v) is 3.92. The van der Waals surface area contributed by atoms with Crippen LogP contribution in [0.1, 0.15) is 16.1 Å². The van der Waals surface area contributed by atoms with Gasteiger partial charge in [0.15, 0.2) is 12.0 Å². The monoisotopic (exact) mass is 274 g/mol. The predicted octanol–water partition coefficient (Wildman–Crippen LogP) is 4.43. The molecule has 0 spiro atoms. The fraction of sp³-hybridized carbons (Fsp3) is 0.0833. The van der Waals surface area contributed by atoms with E-state index in [4.69, 9.17) is 16.0 Å². The summed E-state index contributed by atoms with van der Waals surface area (Å²) in [5, 5.41) is 0.120. The van der Waals surface area contributed by atoms with Crippen molar-refractivity contribution in [2.75, 3.05) is 0 Å². The van der Waals surface area contributed by atoms with Gasteiger partial charge in [0, 0.05) is 5.56 Å². The molecule has 0 radical (unpaired) electrons. The lowest BCUT2D eigenvalue weighted by Gasteiger charge is -2.08. The molecule has 0 fully saturated rings. The number of benzene rings is 1. The number of hydrogen-bond donors (Lipinski definition) is 0. The first kappa shape index (κ1) is 12.7. The van der Waals surface area contributed by atoms with Crippen LogP contribution in [0.15, 0.2) is 34.7 Å². The first-order valence-corrected chi connectivity index (χ1v) is 5.22. The van der Waals surface area contributed by atoms with Gasteiger partial charge in [-0.3, -0.25) is 4.79 Å². The van der Waals surface area contributed by atoms with Crippen LogP contribution in [0.4, 0.5) is 13.2 Å². The number of carbonyl (C=O) groups is 1. The Kier molecular flexibility index (Phi) is 3.17. The van der Waals surface area contributed by atoms with Gasteiger partial charge < -0.3 is 4.42 Å². The Labute approximate surface area is 105 Å². The van der Waals surface area contributed by atoms with E-state index >= 15 is 0 Å². The Morgan fingerprint density at radius 1 is 1.17 bits per heavy atom. The molecule has 1 heterocycles. The van der Waals surface area contributed by atoms with Gasteiger partial charge in [0.05, 0.1) is 10.6 Å². The number of halogens is 4. The maximum absolute atomic E-state index is 12.6. The number of carbonyl (C=O) groups excluding carboxylic acids is 1. The summed E-state index contributed by atoms with van der Waals surface area (Å²) in [5.74, 6) is 0.145. The molecule has 0 unspecified atom stereocenters. The van der Waals surface area contributed by atoms with Crippen molar-refractivity contribution in [3.63, 3.8) is 0 Å². The second kappa shape index (κ2) is 4.49. The van der Waals surface area contributed by atoms with Gasteiger partial charge in [-0.1, -0.05) is 11.6 Å². The average Bonchev–Trinajstić information content (AvgIpc) is 2.76. The van der Waals surface area contributed by atoms with Gasteiger partial charge in [0.1, 0.15) is 5.76 Å². The standard InChI is InChI=1S/C12H6ClF3O2/c13-10-3-1-7(12(14,15)16)5-9(10)11-4-2-8(6-17)18-11/h1-6H.